The fraction of sp³-hybridized carbons (Fsp3) is 0.579. The summed E-state index contributed by atoms with van der Waals surface area (Å²) in [5.74, 6) is -2.34. The van der Waals surface area contributed by atoms with E-state index >= 15 is 4.79 Å². The van der Waals surface area contributed by atoms with Crippen LogP contribution in [0.2, 0.25) is 18.1 Å². The summed E-state index contributed by atoms with van der Waals surface area (Å²) in [5, 5.41) is 0.573. The predicted octanol–water partition coefficient (Wildman–Crippen LogP) is 7.98. The number of carbonyl (C=O) groups is 4. The molecule has 0 unspecified atom stereocenters. The summed E-state index contributed by atoms with van der Waals surface area (Å²) >= 11 is 0. The van der Waals surface area contributed by atoms with Crippen LogP contribution in [0, 0.1) is 23.7 Å². The van der Waals surface area contributed by atoms with Crippen LogP contribution in [0.3, 0.4) is 0 Å². The first-order valence-corrected chi connectivity index (χ1v) is 20.3. The minimum absolute atomic E-state index is 0.0711. The second-order valence-electron chi connectivity index (χ2n) is 15.5. The number of fused-ring (bicyclic) bond motifs is 1. The Bertz CT molecular complexity index is 1510. The van der Waals surface area contributed by atoms with E-state index in [9.17, 15) is 14.4 Å². The first kappa shape index (κ1) is 38.1. The molecule has 10 nitrogen and oxygen atoms in total. The molecule has 1 aliphatic carbocycles. The molecule has 0 saturated heterocycles. The molecule has 0 aromatic heterocycles. The van der Waals surface area contributed by atoms with Gasteiger partial charge in [0.25, 0.3) is 5.91 Å². The van der Waals surface area contributed by atoms with E-state index < -0.39 is 56.5 Å². The Hall–Kier alpha value is -3.70. The van der Waals surface area contributed by atoms with Gasteiger partial charge in [-0.1, -0.05) is 84.0 Å². The second kappa shape index (κ2) is 15.0. The van der Waals surface area contributed by atoms with Crippen molar-refractivity contribution in [1.29, 1.82) is 0 Å². The Labute approximate surface area is 292 Å². The lowest BCUT2D eigenvalue weighted by Crippen LogP contribution is -2.69. The molecule has 1 fully saturated rings. The molecule has 49 heavy (non-hydrogen) atoms. The summed E-state index contributed by atoms with van der Waals surface area (Å²) in [5.41, 5.74) is -0.231. The normalized spacial score (nSPS) is 22.2. The average molecular weight is 695 g/mol. The number of rotatable bonds is 9. The second-order valence-corrected chi connectivity index (χ2v) is 20.3. The number of amides is 3. The summed E-state index contributed by atoms with van der Waals surface area (Å²) in [6, 6.07) is 16.1. The first-order chi connectivity index (χ1) is 22.9. The van der Waals surface area contributed by atoms with Gasteiger partial charge in [-0.3, -0.25) is 14.4 Å². The molecule has 0 radical (unpaired) electrons. The van der Waals surface area contributed by atoms with Crippen molar-refractivity contribution in [3.8, 4) is 5.75 Å². The van der Waals surface area contributed by atoms with Crippen molar-refractivity contribution in [2.45, 2.75) is 111 Å². The van der Waals surface area contributed by atoms with Gasteiger partial charge in [0.05, 0.1) is 24.1 Å². The van der Waals surface area contributed by atoms with Gasteiger partial charge >= 0.3 is 12.1 Å². The van der Waals surface area contributed by atoms with Crippen molar-refractivity contribution in [2.75, 3.05) is 6.54 Å². The SMILES string of the molecule is CC(=O)ON(C[C@H](C(=O)N1C(=O)c2ccccc2O[C@]12C[C@H](C)CC[C@H]2C(C)C)[C@@H](C)O[Si](C)(C)C(C)(C)C)C(=O)OCc1ccccc1. The van der Waals surface area contributed by atoms with Gasteiger partial charge in [-0.2, -0.15) is 0 Å². The lowest BCUT2D eigenvalue weighted by atomic mass is 9.69. The van der Waals surface area contributed by atoms with Crippen LogP contribution in [-0.4, -0.2) is 60.5 Å². The molecule has 2 aromatic carbocycles. The van der Waals surface area contributed by atoms with Gasteiger partial charge in [0.1, 0.15) is 12.4 Å². The van der Waals surface area contributed by atoms with Crippen molar-refractivity contribution in [1.82, 2.24) is 9.96 Å². The van der Waals surface area contributed by atoms with Gasteiger partial charge in [0.15, 0.2) is 14.0 Å². The lowest BCUT2D eigenvalue weighted by Gasteiger charge is -2.55. The van der Waals surface area contributed by atoms with E-state index in [-0.39, 0.29) is 35.0 Å². The number of imide groups is 1. The van der Waals surface area contributed by atoms with Crippen molar-refractivity contribution in [2.24, 2.45) is 23.7 Å². The van der Waals surface area contributed by atoms with Gasteiger partial charge < -0.3 is 18.7 Å². The highest BCUT2D eigenvalue weighted by Crippen LogP contribution is 2.50. The molecule has 2 aliphatic rings. The number of benzene rings is 2. The average Bonchev–Trinajstić information content (AvgIpc) is 3.01. The van der Waals surface area contributed by atoms with Crippen LogP contribution >= 0.6 is 0 Å². The van der Waals surface area contributed by atoms with E-state index in [2.05, 4.69) is 54.6 Å². The highest BCUT2D eigenvalue weighted by atomic mass is 28.4. The van der Waals surface area contributed by atoms with Crippen LogP contribution in [0.1, 0.15) is 90.6 Å². The van der Waals surface area contributed by atoms with Gasteiger partial charge in [0.2, 0.25) is 5.91 Å². The number of carbonyl (C=O) groups excluding carboxylic acids is 4. The summed E-state index contributed by atoms with van der Waals surface area (Å²) in [7, 11) is -2.49. The van der Waals surface area contributed by atoms with Crippen LogP contribution in [0.15, 0.2) is 54.6 Å². The Morgan fingerprint density at radius 1 is 1.02 bits per heavy atom. The molecule has 1 saturated carbocycles. The quantitative estimate of drug-likeness (QED) is 0.192. The molecule has 3 amide bonds. The highest BCUT2D eigenvalue weighted by molar-refractivity contribution is 6.74. The maximum Gasteiger partial charge on any atom is 0.443 e. The third-order valence-corrected chi connectivity index (χ3v) is 15.0. The zero-order valence-corrected chi connectivity index (χ0v) is 31.8. The zero-order chi connectivity index (χ0) is 36.3. The number of hydrogen-bond donors (Lipinski definition) is 0. The van der Waals surface area contributed by atoms with E-state index in [1.807, 2.05) is 24.3 Å². The van der Waals surface area contributed by atoms with E-state index in [1.54, 1.807) is 37.3 Å². The molecular formula is C38H54N2O8Si. The summed E-state index contributed by atoms with van der Waals surface area (Å²) in [4.78, 5) is 62.5. The monoisotopic (exact) mass is 694 g/mol. The number of ether oxygens (including phenoxy) is 2. The largest absolute Gasteiger partial charge is 0.466 e. The fourth-order valence-electron chi connectivity index (χ4n) is 6.81. The zero-order valence-electron chi connectivity index (χ0n) is 30.8. The van der Waals surface area contributed by atoms with Crippen molar-refractivity contribution < 1.29 is 37.9 Å². The Kier molecular flexibility index (Phi) is 11.7. The topological polar surface area (TPSA) is 112 Å². The van der Waals surface area contributed by atoms with E-state index in [1.165, 1.54) is 11.8 Å². The lowest BCUT2D eigenvalue weighted by molar-refractivity contribution is -0.193. The van der Waals surface area contributed by atoms with Gasteiger partial charge in [-0.05, 0) is 67.4 Å². The molecule has 5 atom stereocenters. The predicted molar refractivity (Wildman–Crippen MR) is 189 cm³/mol. The smallest absolute Gasteiger partial charge is 0.443 e. The molecule has 2 aromatic rings. The number of nitrogens with zero attached hydrogens (tertiary/aromatic N) is 2. The molecule has 0 bridgehead atoms. The molecule has 4 rings (SSSR count). The maximum absolute atomic E-state index is 15.3. The number of hydroxylamine groups is 2. The highest BCUT2D eigenvalue weighted by Gasteiger charge is 2.59. The molecule has 11 heteroatoms. The molecular weight excluding hydrogens is 641 g/mol. The van der Waals surface area contributed by atoms with E-state index in [0.29, 0.717) is 12.2 Å². The van der Waals surface area contributed by atoms with Crippen molar-refractivity contribution in [3.05, 3.63) is 65.7 Å². The molecule has 268 valence electrons. The van der Waals surface area contributed by atoms with Crippen LogP contribution < -0.4 is 4.74 Å². The standard InChI is InChI=1S/C38H54N2O8Si/c1-25(2)32-21-20-26(3)22-38(32)40(34(42)30-18-14-15-19-33(30)46-38)35(43)31(27(4)48-49(9,10)37(6,7)8)23-39(47-28(5)41)36(44)45-24-29-16-12-11-13-17-29/h11-19,25-27,31-32H,20-24H2,1-10H3/t26-,27-,31+,32+,38+/m1/s1. The van der Waals surface area contributed by atoms with Crippen molar-refractivity contribution >= 4 is 32.2 Å². The maximum atomic E-state index is 15.3. The van der Waals surface area contributed by atoms with Gasteiger partial charge in [0, 0.05) is 19.3 Å². The third kappa shape index (κ3) is 8.37. The van der Waals surface area contributed by atoms with E-state index in [4.69, 9.17) is 18.7 Å². The minimum Gasteiger partial charge on any atom is -0.466 e. The number of hydrogen-bond acceptors (Lipinski definition) is 8. The summed E-state index contributed by atoms with van der Waals surface area (Å²) < 4.78 is 19.2. The van der Waals surface area contributed by atoms with Crippen LogP contribution in [-0.2, 0) is 30.2 Å². The molecule has 1 aliphatic heterocycles. The summed E-state index contributed by atoms with van der Waals surface area (Å²) in [6.07, 6.45) is 0.439. The Balaban J connectivity index is 1.81. The Morgan fingerprint density at radius 2 is 1.65 bits per heavy atom. The van der Waals surface area contributed by atoms with Gasteiger partial charge in [-0.25, -0.2) is 9.69 Å². The van der Waals surface area contributed by atoms with Gasteiger partial charge in [-0.15, -0.1) is 5.06 Å². The number of para-hydroxylation sites is 1. The van der Waals surface area contributed by atoms with Crippen molar-refractivity contribution in [3.63, 3.8) is 0 Å². The van der Waals surface area contributed by atoms with E-state index in [0.717, 1.165) is 23.5 Å². The molecule has 1 heterocycles. The van der Waals surface area contributed by atoms with Crippen LogP contribution in [0.4, 0.5) is 4.79 Å². The first-order valence-electron chi connectivity index (χ1n) is 17.4. The molecule has 1 spiro atoms. The fourth-order valence-corrected chi connectivity index (χ4v) is 8.26. The Morgan fingerprint density at radius 3 is 2.27 bits per heavy atom. The van der Waals surface area contributed by atoms with Crippen LogP contribution in [0.25, 0.3) is 0 Å². The summed E-state index contributed by atoms with van der Waals surface area (Å²) in [6.45, 7) is 19.2. The van der Waals surface area contributed by atoms with Crippen LogP contribution in [0.5, 0.6) is 5.75 Å². The molecule has 0 N–H and O–H groups in total. The third-order valence-electron chi connectivity index (χ3n) is 10.4. The minimum atomic E-state index is -2.49.